The van der Waals surface area contributed by atoms with Gasteiger partial charge in [0, 0.05) is 6.04 Å². The minimum Gasteiger partial charge on any atom is -0.460 e. The van der Waals surface area contributed by atoms with Gasteiger partial charge in [-0.1, -0.05) is 29.3 Å². The van der Waals surface area contributed by atoms with Gasteiger partial charge in [0.2, 0.25) is 10.0 Å². The van der Waals surface area contributed by atoms with Gasteiger partial charge >= 0.3 is 6.01 Å². The second-order valence-electron chi connectivity index (χ2n) is 6.21. The van der Waals surface area contributed by atoms with Crippen molar-refractivity contribution in [3.8, 4) is 6.01 Å². The van der Waals surface area contributed by atoms with Crippen molar-refractivity contribution in [1.29, 1.82) is 0 Å². The highest BCUT2D eigenvalue weighted by molar-refractivity contribution is 7.89. The van der Waals surface area contributed by atoms with Crippen LogP contribution in [0, 0.1) is 6.92 Å². The van der Waals surface area contributed by atoms with Crippen LogP contribution in [0.25, 0.3) is 0 Å². The average molecular weight is 382 g/mol. The molecule has 1 heterocycles. The Bertz CT molecular complexity index is 802. The van der Waals surface area contributed by atoms with Crippen LogP contribution < -0.4 is 9.46 Å². The Labute approximate surface area is 152 Å². The van der Waals surface area contributed by atoms with E-state index in [0.717, 1.165) is 18.4 Å². The van der Waals surface area contributed by atoms with Crippen LogP contribution in [0.2, 0.25) is 5.02 Å². The Morgan fingerprint density at radius 1 is 1.08 bits per heavy atom. The molecule has 6 nitrogen and oxygen atoms in total. The van der Waals surface area contributed by atoms with E-state index in [1.54, 1.807) is 24.3 Å². The first-order valence-corrected chi connectivity index (χ1v) is 10.0. The van der Waals surface area contributed by atoms with Gasteiger partial charge in [0.15, 0.2) is 0 Å². The Morgan fingerprint density at radius 2 is 1.68 bits per heavy atom. The van der Waals surface area contributed by atoms with Gasteiger partial charge in [-0.05, 0) is 44.7 Å². The van der Waals surface area contributed by atoms with Crippen LogP contribution in [0.1, 0.15) is 31.2 Å². The van der Waals surface area contributed by atoms with Crippen LogP contribution in [-0.2, 0) is 10.0 Å². The summed E-state index contributed by atoms with van der Waals surface area (Å²) < 4.78 is 33.4. The molecule has 2 aromatic rings. The lowest BCUT2D eigenvalue weighted by Crippen LogP contribution is -2.39. The number of sulfonamides is 1. The van der Waals surface area contributed by atoms with E-state index >= 15 is 0 Å². The lowest BCUT2D eigenvalue weighted by molar-refractivity contribution is 0.132. The number of halogens is 1. The zero-order valence-corrected chi connectivity index (χ0v) is 15.4. The number of hydrogen-bond acceptors (Lipinski definition) is 5. The van der Waals surface area contributed by atoms with Crippen molar-refractivity contribution in [1.82, 2.24) is 14.7 Å². The molecule has 1 fully saturated rings. The van der Waals surface area contributed by atoms with E-state index in [1.807, 2.05) is 6.92 Å². The number of aryl methyl sites for hydroxylation is 1. The quantitative estimate of drug-likeness (QED) is 0.860. The number of ether oxygens (including phenoxy) is 1. The molecule has 0 saturated heterocycles. The normalized spacial score (nSPS) is 21.0. The minimum absolute atomic E-state index is 0.0127. The van der Waals surface area contributed by atoms with Gasteiger partial charge in [-0.25, -0.2) is 23.1 Å². The summed E-state index contributed by atoms with van der Waals surface area (Å²) in [6.07, 6.45) is 5.88. The van der Waals surface area contributed by atoms with E-state index in [4.69, 9.17) is 16.3 Å². The predicted molar refractivity (Wildman–Crippen MR) is 95.2 cm³/mol. The molecule has 0 atom stereocenters. The Hall–Kier alpha value is -1.70. The fourth-order valence-electron chi connectivity index (χ4n) is 2.81. The molecule has 0 spiro atoms. The van der Waals surface area contributed by atoms with E-state index in [1.165, 1.54) is 12.4 Å². The maximum Gasteiger partial charge on any atom is 0.316 e. The second-order valence-corrected chi connectivity index (χ2v) is 8.36. The number of aromatic nitrogens is 2. The Kier molecular flexibility index (Phi) is 5.56. The molecule has 8 heteroatoms. The molecule has 1 aromatic heterocycles. The van der Waals surface area contributed by atoms with E-state index in [-0.39, 0.29) is 12.1 Å². The molecule has 1 aromatic carbocycles. The lowest BCUT2D eigenvalue weighted by atomic mass is 9.94. The molecule has 1 N–H and O–H groups in total. The van der Waals surface area contributed by atoms with Crippen molar-refractivity contribution in [2.45, 2.75) is 49.6 Å². The summed E-state index contributed by atoms with van der Waals surface area (Å²) in [5, 5.41) is 0.460. The third-order valence-electron chi connectivity index (χ3n) is 4.20. The first-order valence-electron chi connectivity index (χ1n) is 8.15. The predicted octanol–water partition coefficient (Wildman–Crippen LogP) is 3.11. The van der Waals surface area contributed by atoms with Gasteiger partial charge in [0.05, 0.1) is 22.3 Å². The first kappa shape index (κ1) is 18.1. The zero-order chi connectivity index (χ0) is 17.9. The third kappa shape index (κ3) is 4.90. The third-order valence-corrected chi connectivity index (χ3v) is 5.93. The van der Waals surface area contributed by atoms with Gasteiger partial charge in [0.1, 0.15) is 6.10 Å². The smallest absolute Gasteiger partial charge is 0.316 e. The molecular weight excluding hydrogens is 362 g/mol. The van der Waals surface area contributed by atoms with Crippen LogP contribution >= 0.6 is 11.6 Å². The number of nitrogens with one attached hydrogen (secondary N) is 1. The number of hydrogen-bond donors (Lipinski definition) is 1. The SMILES string of the molecule is Cc1ccc(S(=O)(=O)NC2CCC(Oc3ncc(Cl)cn3)CC2)cc1. The highest BCUT2D eigenvalue weighted by Crippen LogP contribution is 2.24. The molecule has 0 aliphatic heterocycles. The van der Waals surface area contributed by atoms with E-state index in [0.29, 0.717) is 28.8 Å². The minimum atomic E-state index is -3.49. The summed E-state index contributed by atoms with van der Waals surface area (Å²) >= 11 is 5.75. The van der Waals surface area contributed by atoms with Gasteiger partial charge in [0.25, 0.3) is 0 Å². The largest absolute Gasteiger partial charge is 0.460 e. The highest BCUT2D eigenvalue weighted by atomic mass is 35.5. The maximum atomic E-state index is 12.4. The fourth-order valence-corrected chi connectivity index (χ4v) is 4.22. The molecule has 1 aliphatic rings. The fraction of sp³-hybridized carbons (Fsp3) is 0.412. The molecule has 1 saturated carbocycles. The van der Waals surface area contributed by atoms with Crippen molar-refractivity contribution in [3.63, 3.8) is 0 Å². The summed E-state index contributed by atoms with van der Waals surface area (Å²) in [7, 11) is -3.49. The van der Waals surface area contributed by atoms with E-state index < -0.39 is 10.0 Å². The van der Waals surface area contributed by atoms with Crippen LogP contribution in [0.4, 0.5) is 0 Å². The van der Waals surface area contributed by atoms with Crippen LogP contribution in [0.3, 0.4) is 0 Å². The van der Waals surface area contributed by atoms with Gasteiger partial charge < -0.3 is 4.74 Å². The van der Waals surface area contributed by atoms with E-state index in [9.17, 15) is 8.42 Å². The molecule has 0 bridgehead atoms. The highest BCUT2D eigenvalue weighted by Gasteiger charge is 2.27. The monoisotopic (exact) mass is 381 g/mol. The van der Waals surface area contributed by atoms with Crippen molar-refractivity contribution >= 4 is 21.6 Å². The number of nitrogens with zero attached hydrogens (tertiary/aromatic N) is 2. The molecule has 25 heavy (non-hydrogen) atoms. The molecule has 3 rings (SSSR count). The molecule has 134 valence electrons. The topological polar surface area (TPSA) is 81.2 Å². The molecule has 0 amide bonds. The molecule has 1 aliphatic carbocycles. The van der Waals surface area contributed by atoms with Crippen LogP contribution in [0.15, 0.2) is 41.6 Å². The molecular formula is C17H20ClN3O3S. The first-order chi connectivity index (χ1) is 11.9. The lowest BCUT2D eigenvalue weighted by Gasteiger charge is -2.28. The zero-order valence-electron chi connectivity index (χ0n) is 13.9. The van der Waals surface area contributed by atoms with Crippen molar-refractivity contribution in [3.05, 3.63) is 47.2 Å². The summed E-state index contributed by atoms with van der Waals surface area (Å²) in [6.45, 7) is 1.93. The summed E-state index contributed by atoms with van der Waals surface area (Å²) in [6, 6.07) is 7.07. The number of benzene rings is 1. The Morgan fingerprint density at radius 3 is 2.28 bits per heavy atom. The summed E-state index contributed by atoms with van der Waals surface area (Å²) in [5.74, 6) is 0. The van der Waals surface area contributed by atoms with Gasteiger partial charge in [-0.3, -0.25) is 0 Å². The summed E-state index contributed by atoms with van der Waals surface area (Å²) in [5.41, 5.74) is 1.03. The molecule has 0 unspecified atom stereocenters. The second kappa shape index (κ2) is 7.68. The van der Waals surface area contributed by atoms with Crippen molar-refractivity contribution < 1.29 is 13.2 Å². The average Bonchev–Trinajstić information content (AvgIpc) is 2.59. The van der Waals surface area contributed by atoms with Crippen LogP contribution in [0.5, 0.6) is 6.01 Å². The van der Waals surface area contributed by atoms with Crippen molar-refractivity contribution in [2.75, 3.05) is 0 Å². The van der Waals surface area contributed by atoms with E-state index in [2.05, 4.69) is 14.7 Å². The van der Waals surface area contributed by atoms with Crippen molar-refractivity contribution in [2.24, 2.45) is 0 Å². The maximum absolute atomic E-state index is 12.4. The van der Waals surface area contributed by atoms with Gasteiger partial charge in [-0.15, -0.1) is 0 Å². The van der Waals surface area contributed by atoms with Gasteiger partial charge in [-0.2, -0.15) is 0 Å². The van der Waals surface area contributed by atoms with Crippen LogP contribution in [-0.4, -0.2) is 30.5 Å². The molecule has 0 radical (unpaired) electrons. The number of rotatable bonds is 5. The summed E-state index contributed by atoms with van der Waals surface area (Å²) in [4.78, 5) is 8.34. The standard InChI is InChI=1S/C17H20ClN3O3S/c1-12-2-8-16(9-3-12)25(22,23)21-14-4-6-15(7-5-14)24-17-19-10-13(18)11-20-17/h2-3,8-11,14-15,21H,4-7H2,1H3. The Balaban J connectivity index is 1.53.